The predicted octanol–water partition coefficient (Wildman–Crippen LogP) is -0.591. The minimum Gasteiger partial charge on any atom is -0.394 e. The van der Waals surface area contributed by atoms with Gasteiger partial charge in [0.15, 0.2) is 0 Å². The van der Waals surface area contributed by atoms with Gasteiger partial charge in [-0.2, -0.15) is 0 Å². The molecular weight excluding hydrogens is 188 g/mol. The quantitative estimate of drug-likeness (QED) is 0.470. The maximum atomic E-state index is 8.89. The summed E-state index contributed by atoms with van der Waals surface area (Å²) >= 11 is 0. The molecule has 0 fully saturated rings. The fourth-order valence-corrected chi connectivity index (χ4v) is 0.754. The summed E-state index contributed by atoms with van der Waals surface area (Å²) < 4.78 is 15.2. The number of aliphatic hydroxyl groups is 2. The van der Waals surface area contributed by atoms with E-state index in [0.29, 0.717) is 33.0 Å². The molecule has 1 unspecified atom stereocenters. The van der Waals surface area contributed by atoms with E-state index in [4.69, 9.17) is 24.4 Å². The molecule has 0 rings (SSSR count). The topological polar surface area (TPSA) is 68.2 Å². The van der Waals surface area contributed by atoms with Crippen LogP contribution in [-0.4, -0.2) is 62.6 Å². The zero-order valence-corrected chi connectivity index (χ0v) is 8.65. The van der Waals surface area contributed by atoms with Gasteiger partial charge in [-0.3, -0.25) is 0 Å². The van der Waals surface area contributed by atoms with E-state index < -0.39 is 6.10 Å². The van der Waals surface area contributed by atoms with Gasteiger partial charge in [0.25, 0.3) is 0 Å². The molecule has 0 aliphatic carbocycles. The molecule has 0 saturated carbocycles. The second kappa shape index (κ2) is 10.9. The molecular formula is C9H20O5. The maximum Gasteiger partial charge on any atom is 0.100 e. The third-order valence-corrected chi connectivity index (χ3v) is 1.47. The number of hydrogen-bond acceptors (Lipinski definition) is 5. The first-order chi connectivity index (χ1) is 6.81. The normalized spacial score (nSPS) is 13.1. The Morgan fingerprint density at radius 1 is 1.00 bits per heavy atom. The highest BCUT2D eigenvalue weighted by atomic mass is 16.5. The standard InChI is InChI=1S/C9H20O5/c1-2-12-3-4-13-5-6-14-8-9(11)7-10/h9-11H,2-8H2,1H3. The molecule has 14 heavy (non-hydrogen) atoms. The van der Waals surface area contributed by atoms with Crippen LogP contribution in [0.3, 0.4) is 0 Å². The lowest BCUT2D eigenvalue weighted by Gasteiger charge is -2.08. The van der Waals surface area contributed by atoms with Crippen LogP contribution in [0.5, 0.6) is 0 Å². The van der Waals surface area contributed by atoms with Crippen LogP contribution in [-0.2, 0) is 14.2 Å². The van der Waals surface area contributed by atoms with Crippen molar-refractivity contribution in [3.05, 3.63) is 0 Å². The number of hydrogen-bond donors (Lipinski definition) is 2. The van der Waals surface area contributed by atoms with Crippen molar-refractivity contribution >= 4 is 0 Å². The van der Waals surface area contributed by atoms with E-state index in [1.165, 1.54) is 0 Å². The van der Waals surface area contributed by atoms with Gasteiger partial charge < -0.3 is 24.4 Å². The van der Waals surface area contributed by atoms with Gasteiger partial charge in [0.2, 0.25) is 0 Å². The third-order valence-electron chi connectivity index (χ3n) is 1.47. The first kappa shape index (κ1) is 13.8. The van der Waals surface area contributed by atoms with E-state index in [9.17, 15) is 0 Å². The average Bonchev–Trinajstić information content (AvgIpc) is 2.21. The molecule has 0 radical (unpaired) electrons. The Bertz CT molecular complexity index is 109. The molecule has 0 bridgehead atoms. The van der Waals surface area contributed by atoms with Crippen LogP contribution in [0, 0.1) is 0 Å². The first-order valence-corrected chi connectivity index (χ1v) is 4.83. The molecule has 0 aliphatic heterocycles. The zero-order valence-electron chi connectivity index (χ0n) is 8.65. The Morgan fingerprint density at radius 2 is 1.57 bits per heavy atom. The Hall–Kier alpha value is -0.200. The summed E-state index contributed by atoms with van der Waals surface area (Å²) in [5.41, 5.74) is 0. The summed E-state index contributed by atoms with van der Waals surface area (Å²) in [6, 6.07) is 0. The van der Waals surface area contributed by atoms with E-state index in [1.807, 2.05) is 6.92 Å². The van der Waals surface area contributed by atoms with Crippen LogP contribution in [0.4, 0.5) is 0 Å². The molecule has 5 nitrogen and oxygen atoms in total. The lowest BCUT2D eigenvalue weighted by Crippen LogP contribution is -2.21. The Kier molecular flexibility index (Phi) is 10.7. The molecule has 0 heterocycles. The van der Waals surface area contributed by atoms with E-state index in [0.717, 1.165) is 0 Å². The van der Waals surface area contributed by atoms with E-state index in [-0.39, 0.29) is 13.2 Å². The van der Waals surface area contributed by atoms with Crippen molar-refractivity contribution < 1.29 is 24.4 Å². The van der Waals surface area contributed by atoms with Gasteiger partial charge in [0, 0.05) is 6.61 Å². The lowest BCUT2D eigenvalue weighted by molar-refractivity contribution is -0.0221. The molecule has 0 saturated heterocycles. The van der Waals surface area contributed by atoms with Gasteiger partial charge in [0.1, 0.15) is 6.10 Å². The second-order valence-electron chi connectivity index (χ2n) is 2.72. The van der Waals surface area contributed by atoms with Crippen molar-refractivity contribution in [1.82, 2.24) is 0 Å². The summed E-state index contributed by atoms with van der Waals surface area (Å²) in [6.07, 6.45) is -0.793. The highest BCUT2D eigenvalue weighted by Gasteiger charge is 2.00. The minimum absolute atomic E-state index is 0.144. The molecule has 0 spiro atoms. The molecule has 2 N–H and O–H groups in total. The van der Waals surface area contributed by atoms with Crippen LogP contribution < -0.4 is 0 Å². The van der Waals surface area contributed by atoms with Crippen molar-refractivity contribution in [3.8, 4) is 0 Å². The van der Waals surface area contributed by atoms with Crippen LogP contribution in [0.15, 0.2) is 0 Å². The van der Waals surface area contributed by atoms with Gasteiger partial charge >= 0.3 is 0 Å². The van der Waals surface area contributed by atoms with E-state index in [1.54, 1.807) is 0 Å². The molecule has 0 aromatic heterocycles. The molecule has 0 aliphatic rings. The highest BCUT2D eigenvalue weighted by molar-refractivity contribution is 4.48. The van der Waals surface area contributed by atoms with Crippen molar-refractivity contribution in [1.29, 1.82) is 0 Å². The number of rotatable bonds is 10. The summed E-state index contributed by atoms with van der Waals surface area (Å²) in [6.45, 7) is 4.54. The second-order valence-corrected chi connectivity index (χ2v) is 2.72. The summed E-state index contributed by atoms with van der Waals surface area (Å²) in [7, 11) is 0. The molecule has 5 heteroatoms. The van der Waals surface area contributed by atoms with Gasteiger partial charge in [-0.15, -0.1) is 0 Å². The molecule has 1 atom stereocenters. The van der Waals surface area contributed by atoms with Gasteiger partial charge in [0.05, 0.1) is 39.6 Å². The monoisotopic (exact) mass is 208 g/mol. The minimum atomic E-state index is -0.793. The zero-order chi connectivity index (χ0) is 10.6. The van der Waals surface area contributed by atoms with Crippen molar-refractivity contribution in [2.24, 2.45) is 0 Å². The van der Waals surface area contributed by atoms with Gasteiger partial charge in [-0.25, -0.2) is 0 Å². The van der Waals surface area contributed by atoms with Gasteiger partial charge in [-0.1, -0.05) is 0 Å². The predicted molar refractivity (Wildman–Crippen MR) is 51.2 cm³/mol. The number of aliphatic hydroxyl groups excluding tert-OH is 2. The van der Waals surface area contributed by atoms with Crippen LogP contribution >= 0.6 is 0 Å². The molecule has 0 aromatic carbocycles. The van der Waals surface area contributed by atoms with E-state index in [2.05, 4.69) is 0 Å². The van der Waals surface area contributed by atoms with Crippen LogP contribution in [0.1, 0.15) is 6.92 Å². The summed E-state index contributed by atoms with van der Waals surface area (Å²) in [5.74, 6) is 0. The van der Waals surface area contributed by atoms with E-state index >= 15 is 0 Å². The highest BCUT2D eigenvalue weighted by Crippen LogP contribution is 1.85. The maximum absolute atomic E-state index is 8.89. The smallest absolute Gasteiger partial charge is 0.100 e. The van der Waals surface area contributed by atoms with Crippen molar-refractivity contribution in [3.63, 3.8) is 0 Å². The lowest BCUT2D eigenvalue weighted by atomic mass is 10.4. The van der Waals surface area contributed by atoms with Crippen LogP contribution in [0.2, 0.25) is 0 Å². The van der Waals surface area contributed by atoms with Crippen LogP contribution in [0.25, 0.3) is 0 Å². The fraction of sp³-hybridized carbons (Fsp3) is 1.00. The fourth-order valence-electron chi connectivity index (χ4n) is 0.754. The van der Waals surface area contributed by atoms with Gasteiger partial charge in [-0.05, 0) is 6.92 Å². The average molecular weight is 208 g/mol. The Morgan fingerprint density at radius 3 is 2.14 bits per heavy atom. The van der Waals surface area contributed by atoms with Crippen molar-refractivity contribution in [2.45, 2.75) is 13.0 Å². The SMILES string of the molecule is CCOCCOCCOCC(O)CO. The molecule has 0 aromatic rings. The van der Waals surface area contributed by atoms with Crippen molar-refractivity contribution in [2.75, 3.05) is 46.2 Å². The first-order valence-electron chi connectivity index (χ1n) is 4.83. The Balaban J connectivity index is 2.92. The Labute approximate surface area is 84.6 Å². The molecule has 0 amide bonds. The largest absolute Gasteiger partial charge is 0.394 e. The molecule has 86 valence electrons. The summed E-state index contributed by atoms with van der Waals surface area (Å²) in [4.78, 5) is 0. The number of ether oxygens (including phenoxy) is 3. The third kappa shape index (κ3) is 9.88. The summed E-state index contributed by atoms with van der Waals surface area (Å²) in [5, 5.41) is 17.4.